The van der Waals surface area contributed by atoms with Crippen LogP contribution in [0.2, 0.25) is 0 Å². The fraction of sp³-hybridized carbons (Fsp3) is 0.562. The molecule has 1 saturated carbocycles. The van der Waals surface area contributed by atoms with Crippen molar-refractivity contribution in [2.45, 2.75) is 43.6 Å². The third-order valence-corrected chi connectivity index (χ3v) is 5.21. The van der Waals surface area contributed by atoms with Gasteiger partial charge in [-0.1, -0.05) is 25.8 Å². The third-order valence-electron chi connectivity index (χ3n) is 3.81. The molecule has 0 radical (unpaired) electrons. The van der Waals surface area contributed by atoms with Gasteiger partial charge < -0.3 is 4.74 Å². The van der Waals surface area contributed by atoms with Crippen LogP contribution in [0.5, 0.6) is 0 Å². The number of ether oxygens (including phenoxy) is 1. The first-order valence-corrected chi connectivity index (χ1v) is 8.13. The number of hydrogen-bond donors (Lipinski definition) is 0. The van der Waals surface area contributed by atoms with Crippen molar-refractivity contribution in [3.05, 3.63) is 35.1 Å². The Morgan fingerprint density at radius 3 is 2.90 bits per heavy atom. The minimum absolute atomic E-state index is 0.00698. The maximum absolute atomic E-state index is 13.8. The first-order valence-electron chi connectivity index (χ1n) is 7.08. The zero-order valence-electron chi connectivity index (χ0n) is 12.0. The van der Waals surface area contributed by atoms with Crippen molar-refractivity contribution in [1.29, 1.82) is 0 Å². The van der Waals surface area contributed by atoms with Crippen LogP contribution in [0.1, 0.15) is 48.5 Å². The van der Waals surface area contributed by atoms with Crippen molar-refractivity contribution in [3.8, 4) is 0 Å². The van der Waals surface area contributed by atoms with E-state index in [1.807, 2.05) is 17.8 Å². The highest BCUT2D eigenvalue weighted by Crippen LogP contribution is 2.33. The van der Waals surface area contributed by atoms with E-state index < -0.39 is 11.8 Å². The van der Waals surface area contributed by atoms with E-state index in [0.29, 0.717) is 5.25 Å². The number of rotatable bonds is 4. The van der Waals surface area contributed by atoms with Crippen LogP contribution in [0, 0.1) is 11.7 Å². The monoisotopic (exact) mass is 296 g/mol. The summed E-state index contributed by atoms with van der Waals surface area (Å²) in [5.41, 5.74) is 0.936. The van der Waals surface area contributed by atoms with Crippen molar-refractivity contribution in [3.63, 3.8) is 0 Å². The fourth-order valence-corrected chi connectivity index (χ4v) is 4.07. The molecule has 110 valence electrons. The number of esters is 1. The van der Waals surface area contributed by atoms with Crippen molar-refractivity contribution in [2.75, 3.05) is 7.11 Å². The summed E-state index contributed by atoms with van der Waals surface area (Å²) in [6.07, 6.45) is 5.15. The average molecular weight is 296 g/mol. The Hall–Kier alpha value is -1.03. The lowest BCUT2D eigenvalue weighted by Gasteiger charge is -2.26. The van der Waals surface area contributed by atoms with Crippen LogP contribution < -0.4 is 0 Å². The van der Waals surface area contributed by atoms with Gasteiger partial charge in [-0.3, -0.25) is 0 Å². The largest absolute Gasteiger partial charge is 0.465 e. The summed E-state index contributed by atoms with van der Waals surface area (Å²) in [5.74, 6) is 0.491. The van der Waals surface area contributed by atoms with E-state index in [1.54, 1.807) is 0 Å². The molecule has 4 heteroatoms. The Balaban J connectivity index is 1.93. The zero-order chi connectivity index (χ0) is 14.5. The Kier molecular flexibility index (Phi) is 5.46. The molecule has 1 aliphatic rings. The SMILES string of the molecule is COC(=O)c1ccc(CSC2CCCC(C)C2)cc1F. The number of thioether (sulfide) groups is 1. The molecular weight excluding hydrogens is 275 g/mol. The molecule has 2 atom stereocenters. The molecule has 2 nitrogen and oxygen atoms in total. The molecule has 0 amide bonds. The van der Waals surface area contributed by atoms with Gasteiger partial charge in [-0.2, -0.15) is 11.8 Å². The summed E-state index contributed by atoms with van der Waals surface area (Å²) in [7, 11) is 1.26. The van der Waals surface area contributed by atoms with Crippen LogP contribution in [0.3, 0.4) is 0 Å². The second-order valence-electron chi connectivity index (χ2n) is 5.51. The summed E-state index contributed by atoms with van der Waals surface area (Å²) in [6.45, 7) is 2.30. The standard InChI is InChI=1S/C16H21FO2S/c1-11-4-3-5-13(8-11)20-10-12-6-7-14(15(17)9-12)16(18)19-2/h6-7,9,11,13H,3-5,8,10H2,1-2H3. The number of hydrogen-bond acceptors (Lipinski definition) is 3. The van der Waals surface area contributed by atoms with Gasteiger partial charge in [0.25, 0.3) is 0 Å². The summed E-state index contributed by atoms with van der Waals surface area (Å²) < 4.78 is 18.3. The minimum Gasteiger partial charge on any atom is -0.465 e. The van der Waals surface area contributed by atoms with Gasteiger partial charge in [-0.05, 0) is 36.5 Å². The van der Waals surface area contributed by atoms with Crippen LogP contribution in [0.4, 0.5) is 4.39 Å². The zero-order valence-corrected chi connectivity index (χ0v) is 12.8. The van der Waals surface area contributed by atoms with E-state index in [4.69, 9.17) is 0 Å². The van der Waals surface area contributed by atoms with Crippen LogP contribution in [-0.2, 0) is 10.5 Å². The van der Waals surface area contributed by atoms with E-state index in [2.05, 4.69) is 11.7 Å². The molecule has 0 heterocycles. The van der Waals surface area contributed by atoms with E-state index in [-0.39, 0.29) is 5.56 Å². The maximum Gasteiger partial charge on any atom is 0.340 e. The van der Waals surface area contributed by atoms with Crippen LogP contribution in [0.15, 0.2) is 18.2 Å². The number of benzene rings is 1. The molecule has 0 spiro atoms. The minimum atomic E-state index is -0.622. The highest BCUT2D eigenvalue weighted by atomic mass is 32.2. The van der Waals surface area contributed by atoms with Crippen molar-refractivity contribution >= 4 is 17.7 Å². The summed E-state index contributed by atoms with van der Waals surface area (Å²) in [6, 6.07) is 4.78. The lowest BCUT2D eigenvalue weighted by Crippen LogP contribution is -2.15. The van der Waals surface area contributed by atoms with Gasteiger partial charge in [-0.25, -0.2) is 9.18 Å². The fourth-order valence-electron chi connectivity index (χ4n) is 2.67. The molecule has 0 bridgehead atoms. The van der Waals surface area contributed by atoms with E-state index in [9.17, 15) is 9.18 Å². The quantitative estimate of drug-likeness (QED) is 0.769. The highest BCUT2D eigenvalue weighted by Gasteiger charge is 2.19. The van der Waals surface area contributed by atoms with Crippen molar-refractivity contribution in [2.24, 2.45) is 5.92 Å². The molecule has 20 heavy (non-hydrogen) atoms. The van der Waals surface area contributed by atoms with E-state index >= 15 is 0 Å². The lowest BCUT2D eigenvalue weighted by atomic mass is 9.91. The molecule has 2 unspecified atom stereocenters. The Morgan fingerprint density at radius 1 is 1.45 bits per heavy atom. The first-order chi connectivity index (χ1) is 9.60. The van der Waals surface area contributed by atoms with Gasteiger partial charge in [0.1, 0.15) is 5.82 Å². The van der Waals surface area contributed by atoms with Crippen LogP contribution in [-0.4, -0.2) is 18.3 Å². The summed E-state index contributed by atoms with van der Waals surface area (Å²) in [5, 5.41) is 0.682. The number of halogens is 1. The molecule has 0 aliphatic heterocycles. The normalized spacial score (nSPS) is 22.6. The van der Waals surface area contributed by atoms with E-state index in [0.717, 1.165) is 17.2 Å². The van der Waals surface area contributed by atoms with Crippen LogP contribution >= 0.6 is 11.8 Å². The maximum atomic E-state index is 13.8. The molecule has 1 fully saturated rings. The second kappa shape index (κ2) is 7.11. The molecule has 1 aromatic carbocycles. The number of carbonyl (C=O) groups excluding carboxylic acids is 1. The van der Waals surface area contributed by atoms with Gasteiger partial charge >= 0.3 is 5.97 Å². The average Bonchev–Trinajstić information content (AvgIpc) is 2.44. The second-order valence-corrected chi connectivity index (χ2v) is 6.80. The molecule has 1 aromatic rings. The molecule has 2 rings (SSSR count). The summed E-state index contributed by atoms with van der Waals surface area (Å²) in [4.78, 5) is 11.3. The number of methoxy groups -OCH3 is 1. The molecule has 0 aromatic heterocycles. The molecule has 1 aliphatic carbocycles. The van der Waals surface area contributed by atoms with E-state index in [1.165, 1.54) is 44.9 Å². The Morgan fingerprint density at radius 2 is 2.25 bits per heavy atom. The highest BCUT2D eigenvalue weighted by molar-refractivity contribution is 7.99. The van der Waals surface area contributed by atoms with Crippen molar-refractivity contribution in [1.82, 2.24) is 0 Å². The molecule has 0 saturated heterocycles. The summed E-state index contributed by atoms with van der Waals surface area (Å²) >= 11 is 1.90. The Bertz CT molecular complexity index is 476. The van der Waals surface area contributed by atoms with Gasteiger partial charge in [0.15, 0.2) is 0 Å². The van der Waals surface area contributed by atoms with Gasteiger partial charge in [0, 0.05) is 11.0 Å². The van der Waals surface area contributed by atoms with Crippen LogP contribution in [0.25, 0.3) is 0 Å². The molecular formula is C16H21FO2S. The Labute approximate surface area is 124 Å². The molecule has 0 N–H and O–H groups in total. The van der Waals surface area contributed by atoms with Crippen molar-refractivity contribution < 1.29 is 13.9 Å². The first kappa shape index (κ1) is 15.4. The predicted molar refractivity (Wildman–Crippen MR) is 80.5 cm³/mol. The van der Waals surface area contributed by atoms with Gasteiger partial charge in [-0.15, -0.1) is 0 Å². The lowest BCUT2D eigenvalue weighted by molar-refractivity contribution is 0.0595. The third kappa shape index (κ3) is 3.98. The van der Waals surface area contributed by atoms with Gasteiger partial charge in [0.05, 0.1) is 12.7 Å². The smallest absolute Gasteiger partial charge is 0.340 e. The topological polar surface area (TPSA) is 26.3 Å². The predicted octanol–water partition coefficient (Wildman–Crippen LogP) is 4.42. The number of carbonyl (C=O) groups is 1. The van der Waals surface area contributed by atoms with Gasteiger partial charge in [0.2, 0.25) is 0 Å².